The highest BCUT2D eigenvalue weighted by Gasteiger charge is 2.34. The van der Waals surface area contributed by atoms with Crippen molar-refractivity contribution in [3.8, 4) is 0 Å². The highest BCUT2D eigenvalue weighted by atomic mass is 19.4. The fraction of sp³-hybridized carbons (Fsp3) is 0.667. The molecule has 1 aliphatic heterocycles. The van der Waals surface area contributed by atoms with Gasteiger partial charge in [0.15, 0.2) is 0 Å². The largest absolute Gasteiger partial charge is 0.419 e. The van der Waals surface area contributed by atoms with Crippen molar-refractivity contribution in [2.45, 2.75) is 86.4 Å². The lowest BCUT2D eigenvalue weighted by molar-refractivity contribution is -0.0980. The van der Waals surface area contributed by atoms with Crippen molar-refractivity contribution < 1.29 is 22.4 Å². The van der Waals surface area contributed by atoms with Crippen molar-refractivity contribution >= 4 is 31.1 Å². The normalized spacial score (nSPS) is 18.8. The van der Waals surface area contributed by atoms with E-state index in [4.69, 9.17) is 4.79 Å². The summed E-state index contributed by atoms with van der Waals surface area (Å²) in [6, 6.07) is 4.84. The van der Waals surface area contributed by atoms with E-state index < -0.39 is 17.6 Å². The molecule has 3 N–H and O–H groups in total. The third-order valence-electron chi connectivity index (χ3n) is 7.13. The predicted molar refractivity (Wildman–Crippen MR) is 182 cm³/mol. The van der Waals surface area contributed by atoms with Crippen LogP contribution in [0.2, 0.25) is 0 Å². The number of rotatable bonds is 5. The monoisotopic (exact) mass is 632 g/mol. The van der Waals surface area contributed by atoms with Crippen LogP contribution in [0.3, 0.4) is 0 Å². The van der Waals surface area contributed by atoms with Gasteiger partial charge in [0, 0.05) is 38.0 Å². The van der Waals surface area contributed by atoms with Crippen LogP contribution in [-0.2, 0) is 4.79 Å². The topological polar surface area (TPSA) is 86.3 Å². The molecule has 0 spiro atoms. The van der Waals surface area contributed by atoms with Gasteiger partial charge in [-0.05, 0) is 71.7 Å². The zero-order valence-corrected chi connectivity index (χ0v) is 28.9. The van der Waals surface area contributed by atoms with Gasteiger partial charge in [-0.1, -0.05) is 60.8 Å². The molecule has 256 valence electrons. The van der Waals surface area contributed by atoms with E-state index in [1.54, 1.807) is 6.07 Å². The van der Waals surface area contributed by atoms with E-state index in [1.807, 2.05) is 39.6 Å². The number of anilines is 1. The number of hydrogen-bond acceptors (Lipinski definition) is 7. The van der Waals surface area contributed by atoms with Crippen molar-refractivity contribution in [1.29, 1.82) is 0 Å². The van der Waals surface area contributed by atoms with Crippen LogP contribution < -0.4 is 16.0 Å². The van der Waals surface area contributed by atoms with E-state index in [2.05, 4.69) is 60.3 Å². The van der Waals surface area contributed by atoms with Crippen LogP contribution in [-0.4, -0.2) is 84.2 Å². The number of halogens is 4. The molecule has 2 unspecified atom stereocenters. The Balaban J connectivity index is -0.000000764. The molecule has 0 radical (unpaired) electrons. The molecule has 7 nitrogen and oxygen atoms in total. The van der Waals surface area contributed by atoms with Crippen LogP contribution in [0.1, 0.15) is 74.1 Å². The van der Waals surface area contributed by atoms with Gasteiger partial charge in [-0.3, -0.25) is 9.98 Å². The van der Waals surface area contributed by atoms with Gasteiger partial charge in [0.05, 0.1) is 22.6 Å². The minimum Gasteiger partial charge on any atom is -0.368 e. The average Bonchev–Trinajstić information content (AvgIpc) is 3.25. The minimum absolute atomic E-state index is 0.108. The molecule has 44 heavy (non-hydrogen) atoms. The number of nitrogens with one attached hydrogen (secondary N) is 1. The SMILES string of the molecule is C=N/C(C)=C(\C=Nc1ccc(N2CCCN(C)CC2)c(F)c1)C(F)(F)F.C=O.CC.CC1CCCC1C.CN.CNC(C)C. The van der Waals surface area contributed by atoms with Gasteiger partial charge in [-0.2, -0.15) is 13.2 Å². The zero-order chi connectivity index (χ0) is 34.9. The molecule has 11 heteroatoms. The Morgan fingerprint density at radius 3 is 1.95 bits per heavy atom. The summed E-state index contributed by atoms with van der Waals surface area (Å²) in [4.78, 5) is 19.2. The smallest absolute Gasteiger partial charge is 0.368 e. The summed E-state index contributed by atoms with van der Waals surface area (Å²) < 4.78 is 53.4. The van der Waals surface area contributed by atoms with E-state index in [9.17, 15) is 17.6 Å². The number of nitrogens with two attached hydrogens (primary N) is 1. The number of benzene rings is 1. The average molecular weight is 633 g/mol. The van der Waals surface area contributed by atoms with Crippen molar-refractivity contribution in [2.75, 3.05) is 52.2 Å². The maximum absolute atomic E-state index is 14.5. The maximum atomic E-state index is 14.5. The standard InChI is InChI=1S/C18H22F4N4.C7H14.C4H11N.C2H6.CH5N.CH2O/c1-13(23-2)15(18(20,21)22)12-24-14-5-6-17(16(19)11-14)26-8-4-7-25(3)9-10-26;1-6-4-3-5-7(6)2;1-4(2)5-3;3*1-2/h5-6,11-12H,2,4,7-10H2,1,3H3;6-7H,3-5H2,1-2H3;4-5H,1-3H3;1-2H3;2H2,1H3;1H2/b15-13+,24-12?;;;;;. The third kappa shape index (κ3) is 19.6. The quantitative estimate of drug-likeness (QED) is 0.257. The van der Waals surface area contributed by atoms with Gasteiger partial charge in [0.1, 0.15) is 12.6 Å². The van der Waals surface area contributed by atoms with Crippen molar-refractivity contribution in [3.05, 3.63) is 35.3 Å². The number of alkyl halides is 3. The molecule has 1 aromatic carbocycles. The summed E-state index contributed by atoms with van der Waals surface area (Å²) in [5.41, 5.74) is 3.76. The van der Waals surface area contributed by atoms with E-state index in [0.29, 0.717) is 24.5 Å². The van der Waals surface area contributed by atoms with Crippen LogP contribution in [0, 0.1) is 17.7 Å². The van der Waals surface area contributed by atoms with Crippen LogP contribution in [0.15, 0.2) is 39.5 Å². The Bertz CT molecular complexity index is 929. The van der Waals surface area contributed by atoms with E-state index in [0.717, 1.165) is 44.0 Å². The van der Waals surface area contributed by atoms with Gasteiger partial charge in [0.2, 0.25) is 0 Å². The Labute approximate surface area is 265 Å². The maximum Gasteiger partial charge on any atom is 0.419 e. The van der Waals surface area contributed by atoms with Gasteiger partial charge < -0.3 is 25.6 Å². The van der Waals surface area contributed by atoms with Crippen molar-refractivity contribution in [2.24, 2.45) is 27.6 Å². The summed E-state index contributed by atoms with van der Waals surface area (Å²) in [6.07, 6.45) is 1.39. The number of nitrogens with zero attached hydrogens (tertiary/aromatic N) is 4. The van der Waals surface area contributed by atoms with Gasteiger partial charge >= 0.3 is 6.18 Å². The molecule has 2 atom stereocenters. The van der Waals surface area contributed by atoms with Crippen LogP contribution >= 0.6 is 0 Å². The van der Waals surface area contributed by atoms with Crippen LogP contribution in [0.4, 0.5) is 28.9 Å². The fourth-order valence-electron chi connectivity index (χ4n) is 4.05. The lowest BCUT2D eigenvalue weighted by atomic mass is 10.0. The molecule has 0 amide bonds. The molecule has 3 rings (SSSR count). The molecular weight excluding hydrogens is 572 g/mol. The van der Waals surface area contributed by atoms with Crippen LogP contribution in [0.25, 0.3) is 0 Å². The lowest BCUT2D eigenvalue weighted by Gasteiger charge is -2.23. The molecule has 1 saturated heterocycles. The predicted octanol–water partition coefficient (Wildman–Crippen LogP) is 7.68. The zero-order valence-electron chi connectivity index (χ0n) is 28.9. The number of aliphatic imine (C=N–C) groups is 2. The van der Waals surface area contributed by atoms with Crippen molar-refractivity contribution in [3.63, 3.8) is 0 Å². The Kier molecular flexibility index (Phi) is 27.8. The first-order valence-electron chi connectivity index (χ1n) is 15.4. The summed E-state index contributed by atoms with van der Waals surface area (Å²) in [5.74, 6) is 1.53. The first kappa shape index (κ1) is 45.8. The number of carbonyl (C=O) groups excluding carboxylic acids is 1. The van der Waals surface area contributed by atoms with E-state index in [-0.39, 0.29) is 11.4 Å². The second-order valence-corrected chi connectivity index (χ2v) is 10.5. The lowest BCUT2D eigenvalue weighted by Crippen LogP contribution is -2.29. The highest BCUT2D eigenvalue weighted by Crippen LogP contribution is 2.30. The second kappa shape index (κ2) is 26.7. The summed E-state index contributed by atoms with van der Waals surface area (Å²) >= 11 is 0. The first-order valence-corrected chi connectivity index (χ1v) is 15.4. The second-order valence-electron chi connectivity index (χ2n) is 10.5. The molecule has 1 aliphatic carbocycles. The molecule has 2 fully saturated rings. The summed E-state index contributed by atoms with van der Waals surface area (Å²) in [7, 11) is 5.47. The van der Waals surface area contributed by atoms with Crippen LogP contribution in [0.5, 0.6) is 0 Å². The molecule has 1 saturated carbocycles. The molecular formula is C33H60F4N6O. The number of allylic oxidation sites excluding steroid dienone is 2. The molecule has 1 heterocycles. The molecule has 1 aromatic rings. The van der Waals surface area contributed by atoms with Crippen molar-refractivity contribution in [1.82, 2.24) is 10.2 Å². The number of hydrogen-bond donors (Lipinski definition) is 2. The molecule has 0 aromatic heterocycles. The summed E-state index contributed by atoms with van der Waals surface area (Å²) in [6.45, 7) is 22.4. The van der Waals surface area contributed by atoms with E-state index in [1.165, 1.54) is 39.3 Å². The summed E-state index contributed by atoms with van der Waals surface area (Å²) in [5, 5.41) is 3.03. The van der Waals surface area contributed by atoms with Gasteiger partial charge in [0.25, 0.3) is 0 Å². The molecule has 2 aliphatic rings. The van der Waals surface area contributed by atoms with Gasteiger partial charge in [-0.15, -0.1) is 0 Å². The Hall–Kier alpha value is -2.63. The highest BCUT2D eigenvalue weighted by molar-refractivity contribution is 5.83. The number of carbonyl (C=O) groups is 1. The van der Waals surface area contributed by atoms with E-state index >= 15 is 0 Å². The first-order chi connectivity index (χ1) is 20.8. The molecule has 0 bridgehead atoms. The third-order valence-corrected chi connectivity index (χ3v) is 7.13. The number of likely N-dealkylation sites (N-methyl/N-ethyl adjacent to an activating group) is 1. The van der Waals surface area contributed by atoms with Gasteiger partial charge in [-0.25, -0.2) is 4.39 Å². The fourth-order valence-corrected chi connectivity index (χ4v) is 4.05. The Morgan fingerprint density at radius 1 is 1.05 bits per heavy atom. The minimum atomic E-state index is -4.61. The Morgan fingerprint density at radius 2 is 1.57 bits per heavy atom.